The molecule has 3 saturated carbocycles. The van der Waals surface area contributed by atoms with Crippen LogP contribution in [0.5, 0.6) is 0 Å². The number of benzene rings is 1. The van der Waals surface area contributed by atoms with E-state index in [0.717, 1.165) is 59.5 Å². The molecule has 42 heavy (non-hydrogen) atoms. The SMILES string of the molecule is CC(C)CCC[C@@H](C)[C@H]1CCC2C3CC=C4C[C@@H](OC(=O)c5cccc([N+](C)=O)c5)CC[C@]4(C)C3CC[C@@]21C.O=NO. The van der Waals surface area contributed by atoms with Crippen molar-refractivity contribution in [2.75, 3.05) is 7.05 Å². The van der Waals surface area contributed by atoms with Crippen LogP contribution in [0.3, 0.4) is 0 Å². The number of ether oxygens (including phenoxy) is 1. The van der Waals surface area contributed by atoms with Gasteiger partial charge in [-0.15, -0.1) is 4.91 Å². The molecular formula is C35H53N2O5+. The van der Waals surface area contributed by atoms with Crippen LogP contribution in [0.2, 0.25) is 0 Å². The van der Waals surface area contributed by atoms with Gasteiger partial charge in [-0.2, -0.15) is 0 Å². The fourth-order valence-electron chi connectivity index (χ4n) is 9.80. The fraction of sp³-hybridized carbons (Fsp3) is 0.743. The molecule has 4 aliphatic carbocycles. The summed E-state index contributed by atoms with van der Waals surface area (Å²) in [6.45, 7) is 12.5. The Bertz CT molecular complexity index is 1160. The lowest BCUT2D eigenvalue weighted by Gasteiger charge is -2.58. The largest absolute Gasteiger partial charge is 0.458 e. The van der Waals surface area contributed by atoms with Gasteiger partial charge in [0.05, 0.1) is 5.56 Å². The Hall–Kier alpha value is -2.57. The summed E-state index contributed by atoms with van der Waals surface area (Å²) < 4.78 is 6.79. The maximum absolute atomic E-state index is 12.9. The van der Waals surface area contributed by atoms with Crippen LogP contribution in [0.25, 0.3) is 0 Å². The third-order valence-electron chi connectivity index (χ3n) is 12.0. The minimum Gasteiger partial charge on any atom is -0.458 e. The van der Waals surface area contributed by atoms with Crippen LogP contribution in [0, 0.1) is 56.2 Å². The first-order chi connectivity index (χ1) is 19.9. The average molecular weight is 582 g/mol. The summed E-state index contributed by atoms with van der Waals surface area (Å²) in [6.07, 6.45) is 16.4. The van der Waals surface area contributed by atoms with Crippen LogP contribution in [-0.4, -0.2) is 29.1 Å². The van der Waals surface area contributed by atoms with Crippen LogP contribution in [0.1, 0.15) is 116 Å². The highest BCUT2D eigenvalue weighted by molar-refractivity contribution is 5.90. The maximum atomic E-state index is 12.9. The first-order valence-corrected chi connectivity index (χ1v) is 16.3. The van der Waals surface area contributed by atoms with Crippen molar-refractivity contribution in [1.82, 2.24) is 0 Å². The molecule has 8 atom stereocenters. The highest BCUT2D eigenvalue weighted by Crippen LogP contribution is 2.67. The Kier molecular flexibility index (Phi) is 10.3. The number of fused-ring (bicyclic) bond motifs is 5. The third-order valence-corrected chi connectivity index (χ3v) is 12.0. The smallest absolute Gasteiger partial charge is 0.338 e. The molecule has 7 heteroatoms. The second-order valence-corrected chi connectivity index (χ2v) is 14.7. The minimum absolute atomic E-state index is 0.0709. The standard InChI is InChI=1S/C35H52NO3.HNO2/c1-23(2)9-7-10-24(3)30-15-16-31-29-14-13-26-22-28(17-19-34(26,4)32(29)18-20-35(30,31)5)39-33(37)25-11-8-12-27(21-25)36(6)38;2-1-3/h8,11-13,21,23-24,28-32H,7,9-10,14-20,22H2,1-6H3;(H,2,3)/q+1;/t24-,28+,29?,30-,31?,32?,34+,35-;/m1./s1. The predicted molar refractivity (Wildman–Crippen MR) is 165 cm³/mol. The van der Waals surface area contributed by atoms with E-state index in [1.807, 2.05) is 0 Å². The Labute approximate surface area is 252 Å². The summed E-state index contributed by atoms with van der Waals surface area (Å²) in [4.78, 5) is 32.7. The van der Waals surface area contributed by atoms with E-state index < -0.39 is 0 Å². The molecule has 7 nitrogen and oxygen atoms in total. The van der Waals surface area contributed by atoms with Crippen molar-refractivity contribution >= 4 is 11.7 Å². The van der Waals surface area contributed by atoms with E-state index in [1.54, 1.807) is 29.8 Å². The van der Waals surface area contributed by atoms with E-state index in [-0.39, 0.29) is 17.5 Å². The van der Waals surface area contributed by atoms with Gasteiger partial charge in [-0.1, -0.05) is 71.6 Å². The number of rotatable bonds is 8. The maximum Gasteiger partial charge on any atom is 0.338 e. The first-order valence-electron chi connectivity index (χ1n) is 16.3. The van der Waals surface area contributed by atoms with E-state index in [0.29, 0.717) is 16.7 Å². The van der Waals surface area contributed by atoms with Crippen molar-refractivity contribution in [3.8, 4) is 0 Å². The highest BCUT2D eigenvalue weighted by Gasteiger charge is 2.59. The van der Waals surface area contributed by atoms with Gasteiger partial charge in [0.25, 0.3) is 5.69 Å². The summed E-state index contributed by atoms with van der Waals surface area (Å²) in [5.74, 6) is 4.70. The number of allylic oxidation sites excluding steroid dienone is 1. The molecule has 0 bridgehead atoms. The van der Waals surface area contributed by atoms with Gasteiger partial charge in [0, 0.05) is 28.2 Å². The van der Waals surface area contributed by atoms with Crippen molar-refractivity contribution in [2.24, 2.45) is 51.7 Å². The molecule has 0 saturated heterocycles. The van der Waals surface area contributed by atoms with Gasteiger partial charge in [-0.05, 0) is 97.3 Å². The number of carbonyl (C=O) groups excluding carboxylic acids is 1. The highest BCUT2D eigenvalue weighted by atomic mass is 16.6. The van der Waals surface area contributed by atoms with E-state index >= 15 is 0 Å². The molecule has 1 aromatic rings. The van der Waals surface area contributed by atoms with Gasteiger partial charge < -0.3 is 9.94 Å². The zero-order chi connectivity index (χ0) is 30.7. The van der Waals surface area contributed by atoms with Crippen LogP contribution < -0.4 is 0 Å². The van der Waals surface area contributed by atoms with Gasteiger partial charge in [0.1, 0.15) is 6.10 Å². The lowest BCUT2D eigenvalue weighted by Crippen LogP contribution is -2.51. The van der Waals surface area contributed by atoms with Crippen molar-refractivity contribution in [1.29, 1.82) is 0 Å². The topological polar surface area (TPSA) is 96.0 Å². The zero-order valence-electron chi connectivity index (χ0n) is 26.7. The summed E-state index contributed by atoms with van der Waals surface area (Å²) in [5, 5.41) is 7.89. The van der Waals surface area contributed by atoms with Crippen LogP contribution in [0.15, 0.2) is 41.3 Å². The molecule has 5 rings (SSSR count). The van der Waals surface area contributed by atoms with Gasteiger partial charge >= 0.3 is 5.97 Å². The molecular weight excluding hydrogens is 528 g/mol. The number of hydrogen-bond acceptors (Lipinski definition) is 5. The molecule has 0 heterocycles. The van der Waals surface area contributed by atoms with Crippen LogP contribution >= 0.6 is 0 Å². The molecule has 4 aliphatic rings. The average Bonchev–Trinajstić information content (AvgIpc) is 3.31. The number of nitroso groups, excluding NO2 is 1. The fourth-order valence-corrected chi connectivity index (χ4v) is 9.80. The van der Waals surface area contributed by atoms with E-state index in [2.05, 4.69) is 40.7 Å². The van der Waals surface area contributed by atoms with Gasteiger partial charge in [0.2, 0.25) is 0 Å². The number of esters is 1. The molecule has 232 valence electrons. The number of carbonyl (C=O) groups is 1. The van der Waals surface area contributed by atoms with Crippen molar-refractivity contribution in [3.63, 3.8) is 0 Å². The van der Waals surface area contributed by atoms with Crippen LogP contribution in [-0.2, 0) is 4.74 Å². The minimum atomic E-state index is -0.311. The molecule has 0 aliphatic heterocycles. The van der Waals surface area contributed by atoms with Crippen molar-refractivity contribution in [2.45, 2.75) is 111 Å². The second kappa shape index (κ2) is 13.4. The third kappa shape index (κ3) is 6.50. The Morgan fingerprint density at radius 2 is 1.83 bits per heavy atom. The van der Waals surface area contributed by atoms with Gasteiger partial charge in [-0.25, -0.2) is 4.79 Å². The quantitative estimate of drug-likeness (QED) is 0.108. The molecule has 0 radical (unpaired) electrons. The summed E-state index contributed by atoms with van der Waals surface area (Å²) >= 11 is 0. The first kappa shape index (κ1) is 32.3. The monoisotopic (exact) mass is 581 g/mol. The van der Waals surface area contributed by atoms with Crippen LogP contribution in [0.4, 0.5) is 5.69 Å². The second-order valence-electron chi connectivity index (χ2n) is 14.7. The van der Waals surface area contributed by atoms with Gasteiger partial charge in [-0.3, -0.25) is 0 Å². The molecule has 0 aromatic heterocycles. The zero-order valence-corrected chi connectivity index (χ0v) is 26.7. The summed E-state index contributed by atoms with van der Waals surface area (Å²) in [5.41, 5.74) is 3.24. The van der Waals surface area contributed by atoms with Crippen molar-refractivity contribution in [3.05, 3.63) is 51.3 Å². The molecule has 0 amide bonds. The summed E-state index contributed by atoms with van der Waals surface area (Å²) in [6, 6.07) is 6.84. The van der Waals surface area contributed by atoms with Crippen molar-refractivity contribution < 1.29 is 19.5 Å². The Morgan fingerprint density at radius 3 is 2.52 bits per heavy atom. The number of hydrogen-bond donors (Lipinski definition) is 1. The van der Waals surface area contributed by atoms with Gasteiger partial charge in [0.15, 0.2) is 12.4 Å². The normalized spacial score (nSPS) is 34.1. The Morgan fingerprint density at radius 1 is 1.10 bits per heavy atom. The lowest BCUT2D eigenvalue weighted by atomic mass is 9.47. The molecule has 3 unspecified atom stereocenters. The Balaban J connectivity index is 0.00000129. The van der Waals surface area contributed by atoms with E-state index in [4.69, 9.17) is 14.9 Å². The molecule has 1 N–H and O–H groups in total. The summed E-state index contributed by atoms with van der Waals surface area (Å²) in [7, 11) is 1.45. The molecule has 1 aromatic carbocycles. The predicted octanol–water partition coefficient (Wildman–Crippen LogP) is 9.44. The number of nitrogens with zero attached hydrogens (tertiary/aromatic N) is 2. The molecule has 3 fully saturated rings. The van der Waals surface area contributed by atoms with E-state index in [9.17, 15) is 9.70 Å². The van der Waals surface area contributed by atoms with E-state index in [1.165, 1.54) is 63.8 Å². The molecule has 0 spiro atoms. The lowest BCUT2D eigenvalue weighted by molar-refractivity contribution is -0.428.